The van der Waals surface area contributed by atoms with Crippen LogP contribution in [0.5, 0.6) is 5.75 Å². The molecule has 0 aliphatic carbocycles. The molecule has 0 radical (unpaired) electrons. The third-order valence-corrected chi connectivity index (χ3v) is 4.05. The molecule has 9 heteroatoms. The predicted molar refractivity (Wildman–Crippen MR) is 81.0 cm³/mol. The van der Waals surface area contributed by atoms with Crippen molar-refractivity contribution in [3.05, 3.63) is 35.9 Å². The second-order valence-electron chi connectivity index (χ2n) is 4.64. The number of ether oxygens (including phenoxy) is 1. The van der Waals surface area contributed by atoms with Crippen molar-refractivity contribution in [2.24, 2.45) is 7.05 Å². The molecule has 0 fully saturated rings. The van der Waals surface area contributed by atoms with Gasteiger partial charge in [0.2, 0.25) is 5.16 Å². The number of rotatable bonds is 5. The predicted octanol–water partition coefficient (Wildman–Crippen LogP) is 1.40. The third kappa shape index (κ3) is 2.80. The lowest BCUT2D eigenvalue weighted by molar-refractivity contribution is 0.410. The number of aromatic nitrogens is 7. The van der Waals surface area contributed by atoms with Crippen molar-refractivity contribution in [2.75, 3.05) is 7.11 Å². The van der Waals surface area contributed by atoms with Crippen LogP contribution in [0.4, 0.5) is 0 Å². The molecule has 0 bridgehead atoms. The van der Waals surface area contributed by atoms with Crippen molar-refractivity contribution in [2.45, 2.75) is 17.8 Å². The maximum Gasteiger partial charge on any atom is 0.214 e. The van der Waals surface area contributed by atoms with E-state index in [-0.39, 0.29) is 0 Å². The number of tetrazole rings is 1. The summed E-state index contributed by atoms with van der Waals surface area (Å²) in [5.74, 6) is 2.21. The molecule has 2 aromatic heterocycles. The van der Waals surface area contributed by atoms with Crippen LogP contribution in [0.25, 0.3) is 5.69 Å². The quantitative estimate of drug-likeness (QED) is 0.658. The van der Waals surface area contributed by atoms with Gasteiger partial charge in [-0.05, 0) is 35.0 Å². The van der Waals surface area contributed by atoms with Gasteiger partial charge in [-0.3, -0.25) is 4.68 Å². The van der Waals surface area contributed by atoms with Crippen LogP contribution in [-0.2, 0) is 12.8 Å². The molecule has 114 valence electrons. The molecule has 0 amide bonds. The van der Waals surface area contributed by atoms with Gasteiger partial charge >= 0.3 is 0 Å². The second-order valence-corrected chi connectivity index (χ2v) is 5.58. The molecule has 2 heterocycles. The molecule has 0 spiro atoms. The number of aryl methyl sites for hydroxylation is 2. The SMILES string of the molecule is COc1ccc(C)cc1-n1nnnc1SCc1ncnn1C. The fourth-order valence-electron chi connectivity index (χ4n) is 1.97. The van der Waals surface area contributed by atoms with E-state index < -0.39 is 0 Å². The van der Waals surface area contributed by atoms with E-state index in [9.17, 15) is 0 Å². The lowest BCUT2D eigenvalue weighted by Gasteiger charge is -2.10. The van der Waals surface area contributed by atoms with E-state index >= 15 is 0 Å². The summed E-state index contributed by atoms with van der Waals surface area (Å²) in [6.45, 7) is 2.01. The average molecular weight is 317 g/mol. The van der Waals surface area contributed by atoms with Gasteiger partial charge in [0.1, 0.15) is 23.6 Å². The Morgan fingerprint density at radius 1 is 1.32 bits per heavy atom. The Labute approximate surface area is 131 Å². The molecule has 0 saturated heterocycles. The van der Waals surface area contributed by atoms with E-state index in [2.05, 4.69) is 25.6 Å². The maximum absolute atomic E-state index is 5.40. The van der Waals surface area contributed by atoms with Crippen LogP contribution in [0.1, 0.15) is 11.4 Å². The van der Waals surface area contributed by atoms with Crippen molar-refractivity contribution in [3.8, 4) is 11.4 Å². The molecule has 0 saturated carbocycles. The number of benzene rings is 1. The fraction of sp³-hybridized carbons (Fsp3) is 0.308. The summed E-state index contributed by atoms with van der Waals surface area (Å²) < 4.78 is 8.80. The number of thioether (sulfide) groups is 1. The Bertz CT molecular complexity index is 782. The van der Waals surface area contributed by atoms with Crippen molar-refractivity contribution in [1.82, 2.24) is 35.0 Å². The largest absolute Gasteiger partial charge is 0.494 e. The van der Waals surface area contributed by atoms with Crippen LogP contribution in [0.15, 0.2) is 29.7 Å². The normalized spacial score (nSPS) is 10.9. The molecule has 0 N–H and O–H groups in total. The maximum atomic E-state index is 5.40. The standard InChI is InChI=1S/C13H15N7OS/c1-9-4-5-11(21-3)10(6-9)20-13(16-17-18-20)22-7-12-14-8-15-19(12)2/h4-6,8H,7H2,1-3H3. The molecule has 0 atom stereocenters. The highest BCUT2D eigenvalue weighted by atomic mass is 32.2. The van der Waals surface area contributed by atoms with Crippen LogP contribution in [0.2, 0.25) is 0 Å². The van der Waals surface area contributed by atoms with Crippen LogP contribution < -0.4 is 4.74 Å². The summed E-state index contributed by atoms with van der Waals surface area (Å²) in [5.41, 5.74) is 1.92. The Kier molecular flexibility index (Phi) is 4.05. The van der Waals surface area contributed by atoms with Crippen molar-refractivity contribution in [3.63, 3.8) is 0 Å². The molecular formula is C13H15N7OS. The molecule has 3 rings (SSSR count). The zero-order valence-corrected chi connectivity index (χ0v) is 13.3. The highest BCUT2D eigenvalue weighted by Gasteiger charge is 2.14. The minimum Gasteiger partial charge on any atom is -0.494 e. The zero-order chi connectivity index (χ0) is 15.5. The van der Waals surface area contributed by atoms with Crippen molar-refractivity contribution in [1.29, 1.82) is 0 Å². The van der Waals surface area contributed by atoms with Gasteiger partial charge in [0.25, 0.3) is 0 Å². The van der Waals surface area contributed by atoms with E-state index in [1.165, 1.54) is 18.1 Å². The zero-order valence-electron chi connectivity index (χ0n) is 12.5. The van der Waals surface area contributed by atoms with Crippen LogP contribution in [0, 0.1) is 6.92 Å². The van der Waals surface area contributed by atoms with E-state index in [0.717, 1.165) is 22.8 Å². The van der Waals surface area contributed by atoms with Gasteiger partial charge in [0.15, 0.2) is 0 Å². The average Bonchev–Trinajstić information content (AvgIpc) is 3.13. The first kappa shape index (κ1) is 14.5. The van der Waals surface area contributed by atoms with Crippen molar-refractivity contribution >= 4 is 11.8 Å². The van der Waals surface area contributed by atoms with Crippen LogP contribution in [0.3, 0.4) is 0 Å². The van der Waals surface area contributed by atoms with Gasteiger partial charge in [0.05, 0.1) is 12.9 Å². The third-order valence-electron chi connectivity index (χ3n) is 3.14. The highest BCUT2D eigenvalue weighted by molar-refractivity contribution is 7.98. The Morgan fingerprint density at radius 3 is 2.91 bits per heavy atom. The molecule has 0 aliphatic rings. The molecule has 1 aromatic carbocycles. The van der Waals surface area contributed by atoms with Gasteiger partial charge in [-0.1, -0.05) is 17.8 Å². The van der Waals surface area contributed by atoms with E-state index in [0.29, 0.717) is 10.9 Å². The van der Waals surface area contributed by atoms with E-state index in [4.69, 9.17) is 4.74 Å². The topological polar surface area (TPSA) is 83.5 Å². The molecule has 8 nitrogen and oxygen atoms in total. The Hall–Kier alpha value is -2.42. The summed E-state index contributed by atoms with van der Waals surface area (Å²) in [6, 6.07) is 5.88. The Balaban J connectivity index is 1.89. The smallest absolute Gasteiger partial charge is 0.214 e. The number of hydrogen-bond donors (Lipinski definition) is 0. The first-order valence-corrected chi connectivity index (χ1v) is 7.56. The minimum atomic E-state index is 0.630. The molecule has 0 unspecified atom stereocenters. The molecule has 0 aliphatic heterocycles. The molecule has 3 aromatic rings. The van der Waals surface area contributed by atoms with Gasteiger partial charge in [-0.15, -0.1) is 5.10 Å². The summed E-state index contributed by atoms with van der Waals surface area (Å²) in [6.07, 6.45) is 1.53. The summed E-state index contributed by atoms with van der Waals surface area (Å²) >= 11 is 1.49. The van der Waals surface area contributed by atoms with Gasteiger partial charge in [-0.2, -0.15) is 9.78 Å². The summed E-state index contributed by atoms with van der Waals surface area (Å²) in [4.78, 5) is 4.19. The minimum absolute atomic E-state index is 0.630. The van der Waals surface area contributed by atoms with Gasteiger partial charge < -0.3 is 4.74 Å². The lowest BCUT2D eigenvalue weighted by atomic mass is 10.2. The highest BCUT2D eigenvalue weighted by Crippen LogP contribution is 2.27. The fourth-order valence-corrected chi connectivity index (χ4v) is 2.84. The molecular weight excluding hydrogens is 302 g/mol. The number of methoxy groups -OCH3 is 1. The van der Waals surface area contributed by atoms with Crippen LogP contribution >= 0.6 is 11.8 Å². The second kappa shape index (κ2) is 6.14. The number of nitrogens with zero attached hydrogens (tertiary/aromatic N) is 7. The summed E-state index contributed by atoms with van der Waals surface area (Å²) in [7, 11) is 3.49. The van der Waals surface area contributed by atoms with E-state index in [1.54, 1.807) is 16.5 Å². The first-order chi connectivity index (χ1) is 10.7. The molecule has 22 heavy (non-hydrogen) atoms. The van der Waals surface area contributed by atoms with Crippen molar-refractivity contribution < 1.29 is 4.74 Å². The van der Waals surface area contributed by atoms with Gasteiger partial charge in [-0.25, -0.2) is 4.98 Å². The summed E-state index contributed by atoms with van der Waals surface area (Å²) in [5, 5.41) is 16.6. The van der Waals surface area contributed by atoms with Crippen LogP contribution in [-0.4, -0.2) is 42.1 Å². The van der Waals surface area contributed by atoms with E-state index in [1.807, 2.05) is 32.2 Å². The monoisotopic (exact) mass is 317 g/mol. The Morgan fingerprint density at radius 2 is 2.18 bits per heavy atom. The number of hydrogen-bond acceptors (Lipinski definition) is 7. The van der Waals surface area contributed by atoms with Gasteiger partial charge in [0, 0.05) is 7.05 Å². The first-order valence-electron chi connectivity index (χ1n) is 6.58. The lowest BCUT2D eigenvalue weighted by Crippen LogP contribution is -2.03.